The van der Waals surface area contributed by atoms with Crippen LogP contribution in [0.5, 0.6) is 5.75 Å². The average molecular weight is 381 g/mol. The van der Waals surface area contributed by atoms with Crippen molar-refractivity contribution in [3.8, 4) is 5.75 Å². The number of ether oxygens (including phenoxy) is 2. The first-order chi connectivity index (χ1) is 13.5. The molecule has 0 aliphatic carbocycles. The highest BCUT2D eigenvalue weighted by atomic mass is 16.6. The zero-order chi connectivity index (χ0) is 20.1. The quantitative estimate of drug-likeness (QED) is 0.479. The van der Waals surface area contributed by atoms with Gasteiger partial charge in [-0.25, -0.2) is 9.78 Å². The minimum absolute atomic E-state index is 0.0754. The second-order valence-electron chi connectivity index (χ2n) is 6.90. The molecule has 148 valence electrons. The van der Waals surface area contributed by atoms with Gasteiger partial charge in [0.1, 0.15) is 11.6 Å². The highest BCUT2D eigenvalue weighted by molar-refractivity contribution is 5.75. The number of benzene rings is 2. The van der Waals surface area contributed by atoms with E-state index in [2.05, 4.69) is 37.8 Å². The summed E-state index contributed by atoms with van der Waals surface area (Å²) in [5, 5.41) is 3.50. The van der Waals surface area contributed by atoms with Gasteiger partial charge in [-0.1, -0.05) is 24.3 Å². The zero-order valence-corrected chi connectivity index (χ0v) is 16.9. The van der Waals surface area contributed by atoms with Gasteiger partial charge in [0.25, 0.3) is 0 Å². The van der Waals surface area contributed by atoms with Crippen LogP contribution in [0.2, 0.25) is 0 Å². The number of para-hydroxylation sites is 2. The Balaban J connectivity index is 1.57. The summed E-state index contributed by atoms with van der Waals surface area (Å²) in [4.78, 5) is 15.9. The fraction of sp³-hybridized carbons (Fsp3) is 0.364. The Bertz CT molecular complexity index is 955. The molecule has 1 heterocycles. The number of hydrogen-bond donors (Lipinski definition) is 1. The minimum Gasteiger partial charge on any atom is -0.481 e. The second-order valence-corrected chi connectivity index (χ2v) is 6.90. The van der Waals surface area contributed by atoms with E-state index in [4.69, 9.17) is 4.74 Å². The first-order valence-corrected chi connectivity index (χ1v) is 9.42. The maximum absolute atomic E-state index is 11.3. The Morgan fingerprint density at radius 2 is 1.86 bits per heavy atom. The predicted molar refractivity (Wildman–Crippen MR) is 110 cm³/mol. The number of nitrogens with one attached hydrogen (secondary N) is 1. The van der Waals surface area contributed by atoms with Gasteiger partial charge in [-0.2, -0.15) is 0 Å². The lowest BCUT2D eigenvalue weighted by Crippen LogP contribution is -2.20. The van der Waals surface area contributed by atoms with E-state index in [1.807, 2.05) is 39.0 Å². The molecule has 0 aliphatic heterocycles. The number of rotatable bonds is 8. The third-order valence-electron chi connectivity index (χ3n) is 4.77. The molecular weight excluding hydrogens is 354 g/mol. The number of carbonyl (C=O) groups excluding carboxylic acids is 1. The molecule has 6 heteroatoms. The molecule has 3 aromatic rings. The number of methoxy groups -OCH3 is 1. The van der Waals surface area contributed by atoms with Crippen LogP contribution < -0.4 is 10.1 Å². The summed E-state index contributed by atoms with van der Waals surface area (Å²) < 4.78 is 12.5. The van der Waals surface area contributed by atoms with Gasteiger partial charge < -0.3 is 19.4 Å². The van der Waals surface area contributed by atoms with Gasteiger partial charge in [0.05, 0.1) is 18.1 Å². The maximum Gasteiger partial charge on any atom is 0.343 e. The van der Waals surface area contributed by atoms with E-state index in [1.165, 1.54) is 18.2 Å². The summed E-state index contributed by atoms with van der Waals surface area (Å²) in [6, 6.07) is 12.4. The number of carbonyl (C=O) groups is 1. The summed E-state index contributed by atoms with van der Waals surface area (Å²) >= 11 is 0. The van der Waals surface area contributed by atoms with E-state index >= 15 is 0 Å². The SMILES string of the molecule is COC(=O)COc1c(C)cc(CNCCn2c(C)nc3ccccc32)cc1C. The van der Waals surface area contributed by atoms with Crippen LogP contribution in [0.4, 0.5) is 0 Å². The summed E-state index contributed by atoms with van der Waals surface area (Å²) in [5.41, 5.74) is 5.41. The largest absolute Gasteiger partial charge is 0.481 e. The topological polar surface area (TPSA) is 65.4 Å². The van der Waals surface area contributed by atoms with Crippen LogP contribution in [0.25, 0.3) is 11.0 Å². The fourth-order valence-corrected chi connectivity index (χ4v) is 3.46. The van der Waals surface area contributed by atoms with Gasteiger partial charge in [0, 0.05) is 19.6 Å². The van der Waals surface area contributed by atoms with E-state index < -0.39 is 0 Å². The summed E-state index contributed by atoms with van der Waals surface area (Å²) in [5.74, 6) is 1.39. The number of hydrogen-bond acceptors (Lipinski definition) is 5. The summed E-state index contributed by atoms with van der Waals surface area (Å²) in [6.45, 7) is 8.43. The molecule has 0 radical (unpaired) electrons. The second kappa shape index (κ2) is 8.89. The summed E-state index contributed by atoms with van der Waals surface area (Å²) in [7, 11) is 1.36. The zero-order valence-electron chi connectivity index (χ0n) is 16.9. The Labute approximate surface area is 165 Å². The van der Waals surface area contributed by atoms with Crippen LogP contribution in [-0.4, -0.2) is 35.8 Å². The lowest BCUT2D eigenvalue weighted by atomic mass is 10.1. The smallest absolute Gasteiger partial charge is 0.343 e. The molecule has 0 fully saturated rings. The molecule has 2 aromatic carbocycles. The number of imidazole rings is 1. The van der Waals surface area contributed by atoms with E-state index in [9.17, 15) is 4.79 Å². The molecule has 0 spiro atoms. The van der Waals surface area contributed by atoms with Crippen molar-refractivity contribution in [2.75, 3.05) is 20.3 Å². The first-order valence-electron chi connectivity index (χ1n) is 9.42. The molecule has 1 aromatic heterocycles. The molecular formula is C22H27N3O3. The van der Waals surface area contributed by atoms with Crippen LogP contribution in [0.15, 0.2) is 36.4 Å². The third-order valence-corrected chi connectivity index (χ3v) is 4.77. The van der Waals surface area contributed by atoms with Gasteiger partial charge in [0.15, 0.2) is 6.61 Å². The van der Waals surface area contributed by atoms with Crippen molar-refractivity contribution in [3.05, 3.63) is 58.9 Å². The molecule has 1 N–H and O–H groups in total. The normalized spacial score (nSPS) is 11.0. The molecule has 0 atom stereocenters. The maximum atomic E-state index is 11.3. The number of nitrogens with zero attached hydrogens (tertiary/aromatic N) is 2. The molecule has 3 rings (SSSR count). The van der Waals surface area contributed by atoms with E-state index in [0.29, 0.717) is 0 Å². The predicted octanol–water partition coefficient (Wildman–Crippen LogP) is 3.30. The standard InChI is InChI=1S/C22H27N3O3/c1-15-11-18(12-16(2)22(15)28-14-21(26)27-4)13-23-9-10-25-17(3)24-19-7-5-6-8-20(19)25/h5-8,11-12,23H,9-10,13-14H2,1-4H3. The van der Waals surface area contributed by atoms with Gasteiger partial charge >= 0.3 is 5.97 Å². The van der Waals surface area contributed by atoms with Crippen molar-refractivity contribution in [1.82, 2.24) is 14.9 Å². The molecule has 0 saturated heterocycles. The van der Waals surface area contributed by atoms with Gasteiger partial charge in [-0.15, -0.1) is 0 Å². The monoisotopic (exact) mass is 381 g/mol. The first kappa shape index (κ1) is 19.9. The Morgan fingerprint density at radius 1 is 1.14 bits per heavy atom. The van der Waals surface area contributed by atoms with Crippen molar-refractivity contribution in [2.45, 2.75) is 33.9 Å². The number of fused-ring (bicyclic) bond motifs is 1. The molecule has 0 bridgehead atoms. The van der Waals surface area contributed by atoms with Crippen LogP contribution >= 0.6 is 0 Å². The van der Waals surface area contributed by atoms with Crippen molar-refractivity contribution in [1.29, 1.82) is 0 Å². The summed E-state index contributed by atoms with van der Waals surface area (Å²) in [6.07, 6.45) is 0. The lowest BCUT2D eigenvalue weighted by Gasteiger charge is -2.14. The van der Waals surface area contributed by atoms with Crippen molar-refractivity contribution in [3.63, 3.8) is 0 Å². The van der Waals surface area contributed by atoms with Crippen molar-refractivity contribution < 1.29 is 14.3 Å². The molecule has 0 aliphatic rings. The van der Waals surface area contributed by atoms with E-state index in [0.717, 1.165) is 47.9 Å². The Hall–Kier alpha value is -2.86. The molecule has 28 heavy (non-hydrogen) atoms. The highest BCUT2D eigenvalue weighted by Crippen LogP contribution is 2.25. The van der Waals surface area contributed by atoms with Crippen LogP contribution in [0.3, 0.4) is 0 Å². The van der Waals surface area contributed by atoms with Gasteiger partial charge in [0.2, 0.25) is 0 Å². The third kappa shape index (κ3) is 4.51. The average Bonchev–Trinajstić information content (AvgIpc) is 2.99. The molecule has 0 amide bonds. The molecule has 0 unspecified atom stereocenters. The van der Waals surface area contributed by atoms with Gasteiger partial charge in [-0.3, -0.25) is 0 Å². The van der Waals surface area contributed by atoms with E-state index in [-0.39, 0.29) is 12.6 Å². The number of esters is 1. The van der Waals surface area contributed by atoms with Crippen molar-refractivity contribution in [2.24, 2.45) is 0 Å². The van der Waals surface area contributed by atoms with Crippen LogP contribution in [0.1, 0.15) is 22.5 Å². The van der Waals surface area contributed by atoms with E-state index in [1.54, 1.807) is 0 Å². The fourth-order valence-electron chi connectivity index (χ4n) is 3.46. The Morgan fingerprint density at radius 3 is 2.57 bits per heavy atom. The minimum atomic E-state index is -0.383. The van der Waals surface area contributed by atoms with Crippen molar-refractivity contribution >= 4 is 17.0 Å². The van der Waals surface area contributed by atoms with Gasteiger partial charge in [-0.05, 0) is 49.6 Å². The highest BCUT2D eigenvalue weighted by Gasteiger charge is 2.10. The van der Waals surface area contributed by atoms with Crippen LogP contribution in [-0.2, 0) is 22.6 Å². The van der Waals surface area contributed by atoms with Crippen LogP contribution in [0, 0.1) is 20.8 Å². The lowest BCUT2D eigenvalue weighted by molar-refractivity contribution is -0.142. The number of aryl methyl sites for hydroxylation is 3. The molecule has 0 saturated carbocycles. The number of aromatic nitrogens is 2. The molecule has 6 nitrogen and oxygen atoms in total. The Kier molecular flexibility index (Phi) is 6.31.